The quantitative estimate of drug-likeness (QED) is 0.347. The molecule has 3 amide bonds. The molecule has 1 aliphatic heterocycles. The summed E-state index contributed by atoms with van der Waals surface area (Å²) in [5.74, 6) is -1.47. The van der Waals surface area contributed by atoms with Gasteiger partial charge < -0.3 is 9.73 Å². The molecule has 0 saturated carbocycles. The molecule has 3 heterocycles. The summed E-state index contributed by atoms with van der Waals surface area (Å²) in [5, 5.41) is 6.80. The van der Waals surface area contributed by atoms with E-state index < -0.39 is 35.5 Å². The van der Waals surface area contributed by atoms with E-state index in [-0.39, 0.29) is 35.4 Å². The van der Waals surface area contributed by atoms with Crippen molar-refractivity contribution in [2.75, 3.05) is 6.54 Å². The van der Waals surface area contributed by atoms with Crippen molar-refractivity contribution in [2.24, 2.45) is 7.05 Å². The van der Waals surface area contributed by atoms with Crippen molar-refractivity contribution in [3.05, 3.63) is 101 Å². The van der Waals surface area contributed by atoms with Crippen molar-refractivity contribution in [2.45, 2.75) is 25.6 Å². The van der Waals surface area contributed by atoms with Crippen LogP contribution in [-0.4, -0.2) is 45.0 Å². The summed E-state index contributed by atoms with van der Waals surface area (Å²) in [5.41, 5.74) is 0.782. The molecule has 4 aromatic rings. The molecule has 2 aromatic heterocycles. The van der Waals surface area contributed by atoms with Crippen LogP contribution in [0, 0.1) is 6.92 Å². The van der Waals surface area contributed by atoms with Crippen molar-refractivity contribution < 1.29 is 32.0 Å². The Bertz CT molecular complexity index is 1550. The highest BCUT2D eigenvalue weighted by atomic mass is 19.4. The van der Waals surface area contributed by atoms with E-state index in [1.54, 1.807) is 43.0 Å². The van der Waals surface area contributed by atoms with Crippen LogP contribution in [0.1, 0.15) is 48.2 Å². The van der Waals surface area contributed by atoms with Crippen LogP contribution in [0.5, 0.6) is 0 Å². The number of carbonyl (C=O) groups is 3. The molecule has 1 aliphatic rings. The highest BCUT2D eigenvalue weighted by molar-refractivity contribution is 6.21. The predicted octanol–water partition coefficient (Wildman–Crippen LogP) is 4.64. The number of hydrogen-bond acceptors (Lipinski definition) is 5. The van der Waals surface area contributed by atoms with Crippen molar-refractivity contribution in [3.8, 4) is 11.3 Å². The van der Waals surface area contributed by atoms with Crippen LogP contribution >= 0.6 is 0 Å². The van der Waals surface area contributed by atoms with Gasteiger partial charge in [-0.25, -0.2) is 0 Å². The monoisotopic (exact) mass is 536 g/mol. The van der Waals surface area contributed by atoms with Gasteiger partial charge in [0.2, 0.25) is 0 Å². The van der Waals surface area contributed by atoms with Crippen molar-refractivity contribution in [1.82, 2.24) is 20.0 Å². The number of fused-ring (bicyclic) bond motifs is 1. The van der Waals surface area contributed by atoms with E-state index >= 15 is 0 Å². The lowest BCUT2D eigenvalue weighted by Crippen LogP contribution is -2.47. The molecule has 0 spiro atoms. The summed E-state index contributed by atoms with van der Waals surface area (Å²) in [4.78, 5) is 40.2. The van der Waals surface area contributed by atoms with Crippen LogP contribution < -0.4 is 5.32 Å². The average molecular weight is 537 g/mol. The SMILES string of the molecule is Cc1oc(C(=O)NC(Cc2ccccc2C(F)(F)F)CN2C(=O)c3ccccc3C2=O)cc1-c1ccnn1C. The lowest BCUT2D eigenvalue weighted by molar-refractivity contribution is -0.138. The Hall–Kier alpha value is -4.67. The number of amides is 3. The molecular weight excluding hydrogens is 513 g/mol. The molecule has 1 atom stereocenters. The van der Waals surface area contributed by atoms with Gasteiger partial charge in [0.15, 0.2) is 5.76 Å². The van der Waals surface area contributed by atoms with E-state index in [2.05, 4.69) is 10.4 Å². The summed E-state index contributed by atoms with van der Waals surface area (Å²) >= 11 is 0. The van der Waals surface area contributed by atoms with E-state index in [9.17, 15) is 27.6 Å². The van der Waals surface area contributed by atoms with Gasteiger partial charge in [-0.05, 0) is 49.2 Å². The molecule has 0 fully saturated rings. The zero-order valence-electron chi connectivity index (χ0n) is 21.0. The fraction of sp³-hybridized carbons (Fsp3) is 0.214. The van der Waals surface area contributed by atoms with E-state index in [4.69, 9.17) is 4.42 Å². The van der Waals surface area contributed by atoms with Gasteiger partial charge >= 0.3 is 6.18 Å². The maximum atomic E-state index is 13.7. The maximum Gasteiger partial charge on any atom is 0.416 e. The first kappa shape index (κ1) is 26.0. The minimum atomic E-state index is -4.63. The number of nitrogens with zero attached hydrogens (tertiary/aromatic N) is 3. The number of hydrogen-bond donors (Lipinski definition) is 1. The molecule has 5 rings (SSSR count). The maximum absolute atomic E-state index is 13.7. The zero-order chi connectivity index (χ0) is 27.9. The van der Waals surface area contributed by atoms with Gasteiger partial charge in [0.25, 0.3) is 17.7 Å². The van der Waals surface area contributed by atoms with Crippen LogP contribution in [0.25, 0.3) is 11.3 Å². The average Bonchev–Trinajstić information content (AvgIpc) is 3.56. The number of imide groups is 1. The molecule has 11 heteroatoms. The van der Waals surface area contributed by atoms with Crippen molar-refractivity contribution in [3.63, 3.8) is 0 Å². The number of rotatable bonds is 7. The van der Waals surface area contributed by atoms with E-state index in [0.29, 0.717) is 17.0 Å². The second-order valence-corrected chi connectivity index (χ2v) is 9.22. The van der Waals surface area contributed by atoms with Crippen LogP contribution in [-0.2, 0) is 19.6 Å². The van der Waals surface area contributed by atoms with E-state index in [0.717, 1.165) is 11.0 Å². The van der Waals surface area contributed by atoms with Crippen LogP contribution in [0.3, 0.4) is 0 Å². The number of alkyl halides is 3. The van der Waals surface area contributed by atoms with Gasteiger partial charge in [-0.3, -0.25) is 24.0 Å². The third-order valence-electron chi connectivity index (χ3n) is 6.64. The third-order valence-corrected chi connectivity index (χ3v) is 6.64. The molecule has 2 aromatic carbocycles. The highest BCUT2D eigenvalue weighted by Crippen LogP contribution is 2.33. The summed E-state index contributed by atoms with van der Waals surface area (Å²) in [6.07, 6.45) is -3.32. The standard InChI is InChI=1S/C28H23F3N4O4/c1-16-21(23-11-12-32-34(23)2)14-24(39-16)25(36)33-18(13-17-7-3-6-10-22(17)28(29,30)31)15-35-26(37)19-8-4-5-9-20(19)27(35)38/h3-12,14,18H,13,15H2,1-2H3,(H,33,36). The van der Waals surface area contributed by atoms with Crippen LogP contribution in [0.2, 0.25) is 0 Å². The van der Waals surface area contributed by atoms with Gasteiger partial charge in [0, 0.05) is 25.4 Å². The number of benzene rings is 2. The fourth-order valence-corrected chi connectivity index (χ4v) is 4.77. The fourth-order valence-electron chi connectivity index (χ4n) is 4.77. The topological polar surface area (TPSA) is 97.4 Å². The van der Waals surface area contributed by atoms with Crippen molar-refractivity contribution >= 4 is 17.7 Å². The third kappa shape index (κ3) is 4.95. The molecule has 0 bridgehead atoms. The minimum Gasteiger partial charge on any atom is -0.455 e. The van der Waals surface area contributed by atoms with E-state index in [1.165, 1.54) is 36.4 Å². The van der Waals surface area contributed by atoms with Gasteiger partial charge in [0.1, 0.15) is 5.76 Å². The first-order valence-electron chi connectivity index (χ1n) is 12.0. The van der Waals surface area contributed by atoms with Crippen LogP contribution in [0.4, 0.5) is 13.2 Å². The van der Waals surface area contributed by atoms with E-state index in [1.807, 2.05) is 0 Å². The number of aromatic nitrogens is 2. The molecule has 39 heavy (non-hydrogen) atoms. The molecular formula is C28H23F3N4O4. The minimum absolute atomic E-state index is 0.0693. The largest absolute Gasteiger partial charge is 0.455 e. The molecule has 8 nitrogen and oxygen atoms in total. The Morgan fingerprint density at radius 3 is 2.26 bits per heavy atom. The number of aryl methyl sites for hydroxylation is 2. The molecule has 1 unspecified atom stereocenters. The Morgan fingerprint density at radius 1 is 1.00 bits per heavy atom. The van der Waals surface area contributed by atoms with Gasteiger partial charge in [-0.2, -0.15) is 18.3 Å². The van der Waals surface area contributed by atoms with Gasteiger partial charge in [0.05, 0.1) is 28.4 Å². The van der Waals surface area contributed by atoms with Gasteiger partial charge in [-0.15, -0.1) is 0 Å². The molecule has 0 aliphatic carbocycles. The molecule has 200 valence electrons. The number of nitrogens with one attached hydrogen (secondary N) is 1. The molecule has 0 saturated heterocycles. The van der Waals surface area contributed by atoms with Crippen LogP contribution in [0.15, 0.2) is 71.3 Å². The Labute approximate surface area is 221 Å². The Morgan fingerprint density at radius 2 is 1.64 bits per heavy atom. The predicted molar refractivity (Wildman–Crippen MR) is 134 cm³/mol. The summed E-state index contributed by atoms with van der Waals surface area (Å²) in [6, 6.07) is 13.5. The Balaban J connectivity index is 1.45. The summed E-state index contributed by atoms with van der Waals surface area (Å²) in [7, 11) is 1.73. The first-order valence-corrected chi connectivity index (χ1v) is 12.0. The Kier molecular flexibility index (Phi) is 6.59. The number of halogens is 3. The van der Waals surface area contributed by atoms with Gasteiger partial charge in [-0.1, -0.05) is 30.3 Å². The lowest BCUT2D eigenvalue weighted by atomic mass is 9.99. The molecule has 1 N–H and O–H groups in total. The second kappa shape index (κ2) is 9.90. The summed E-state index contributed by atoms with van der Waals surface area (Å²) < 4.78 is 48.4. The molecule has 0 radical (unpaired) electrons. The first-order chi connectivity index (χ1) is 18.5. The lowest BCUT2D eigenvalue weighted by Gasteiger charge is -2.25. The van der Waals surface area contributed by atoms with Crippen molar-refractivity contribution in [1.29, 1.82) is 0 Å². The normalized spacial score (nSPS) is 14.0. The number of furan rings is 1. The highest BCUT2D eigenvalue weighted by Gasteiger charge is 2.38. The zero-order valence-corrected chi connectivity index (χ0v) is 21.0. The summed E-state index contributed by atoms with van der Waals surface area (Å²) in [6.45, 7) is 1.34. The second-order valence-electron chi connectivity index (χ2n) is 9.22. The number of carbonyl (C=O) groups excluding carboxylic acids is 3. The smallest absolute Gasteiger partial charge is 0.416 e.